The molecule has 0 aliphatic rings. The van der Waals surface area contributed by atoms with E-state index in [1.54, 1.807) is 0 Å². The lowest BCUT2D eigenvalue weighted by Crippen LogP contribution is -2.49. The molecule has 1 atom stereocenters. The molecule has 0 bridgehead atoms. The highest BCUT2D eigenvalue weighted by Crippen LogP contribution is 2.14. The first-order valence-electron chi connectivity index (χ1n) is 8.54. The van der Waals surface area contributed by atoms with E-state index in [1.165, 1.54) is 5.56 Å². The number of benzene rings is 1. The Morgan fingerprint density at radius 1 is 1.12 bits per heavy atom. The molecule has 0 spiro atoms. The van der Waals surface area contributed by atoms with Gasteiger partial charge in [0.2, 0.25) is 0 Å². The lowest BCUT2D eigenvalue weighted by Gasteiger charge is -2.30. The molecule has 24 heavy (non-hydrogen) atoms. The van der Waals surface area contributed by atoms with E-state index in [0.29, 0.717) is 13.1 Å². The van der Waals surface area contributed by atoms with Gasteiger partial charge in [0, 0.05) is 12.6 Å². The summed E-state index contributed by atoms with van der Waals surface area (Å²) in [7, 11) is 0. The van der Waals surface area contributed by atoms with Crippen LogP contribution in [0.1, 0.15) is 46.6 Å². The SMILES string of the molecule is CC(C)(C)OC(=O)NCCCNC(Cc1ccccc1)C(C)(C)O. The molecule has 3 N–H and O–H groups in total. The van der Waals surface area contributed by atoms with Crippen LogP contribution in [0, 0.1) is 0 Å². The van der Waals surface area contributed by atoms with Crippen LogP contribution in [0.5, 0.6) is 0 Å². The van der Waals surface area contributed by atoms with Crippen molar-refractivity contribution in [2.45, 2.75) is 64.7 Å². The zero-order valence-corrected chi connectivity index (χ0v) is 15.6. The summed E-state index contributed by atoms with van der Waals surface area (Å²) < 4.78 is 5.19. The van der Waals surface area contributed by atoms with Crippen molar-refractivity contribution in [1.82, 2.24) is 10.6 Å². The molecule has 0 heterocycles. The van der Waals surface area contributed by atoms with E-state index >= 15 is 0 Å². The highest BCUT2D eigenvalue weighted by atomic mass is 16.6. The molecule has 5 nitrogen and oxygen atoms in total. The second-order valence-electron chi connectivity index (χ2n) is 7.63. The van der Waals surface area contributed by atoms with E-state index in [4.69, 9.17) is 4.74 Å². The smallest absolute Gasteiger partial charge is 0.407 e. The van der Waals surface area contributed by atoms with E-state index in [9.17, 15) is 9.90 Å². The van der Waals surface area contributed by atoms with Crippen LogP contribution in [0.25, 0.3) is 0 Å². The average Bonchev–Trinajstić information content (AvgIpc) is 2.43. The normalized spacial score (nSPS) is 13.4. The predicted molar refractivity (Wildman–Crippen MR) is 97.1 cm³/mol. The fraction of sp³-hybridized carbons (Fsp3) is 0.632. The summed E-state index contributed by atoms with van der Waals surface area (Å²) in [5.41, 5.74) is -0.123. The topological polar surface area (TPSA) is 70.6 Å². The molecular formula is C19H32N2O3. The van der Waals surface area contributed by atoms with E-state index in [1.807, 2.05) is 52.8 Å². The lowest BCUT2D eigenvalue weighted by molar-refractivity contribution is 0.0372. The maximum atomic E-state index is 11.6. The standard InChI is InChI=1S/C19H32N2O3/c1-18(2,3)24-17(22)21-13-9-12-20-16(19(4,5)23)14-15-10-7-6-8-11-15/h6-8,10-11,16,20,23H,9,12-14H2,1-5H3,(H,21,22). The first-order chi connectivity index (χ1) is 11.1. The van der Waals surface area contributed by atoms with Gasteiger partial charge in [0.25, 0.3) is 0 Å². The molecule has 0 radical (unpaired) electrons. The Kier molecular flexibility index (Phi) is 7.70. The molecule has 0 aromatic heterocycles. The van der Waals surface area contributed by atoms with Crippen molar-refractivity contribution >= 4 is 6.09 Å². The van der Waals surface area contributed by atoms with Gasteiger partial charge < -0.3 is 20.5 Å². The quantitative estimate of drug-likeness (QED) is 0.639. The van der Waals surface area contributed by atoms with Crippen LogP contribution >= 0.6 is 0 Å². The van der Waals surface area contributed by atoms with E-state index in [2.05, 4.69) is 22.8 Å². The zero-order valence-electron chi connectivity index (χ0n) is 15.6. The summed E-state index contributed by atoms with van der Waals surface area (Å²) in [5, 5.41) is 16.5. The van der Waals surface area contributed by atoms with Gasteiger partial charge >= 0.3 is 6.09 Å². The molecule has 0 aliphatic carbocycles. The molecule has 0 saturated carbocycles. The number of aliphatic hydroxyl groups is 1. The first kappa shape index (κ1) is 20.5. The van der Waals surface area contributed by atoms with Crippen LogP contribution in [-0.4, -0.2) is 41.5 Å². The summed E-state index contributed by atoms with van der Waals surface area (Å²) in [6.45, 7) is 10.4. The van der Waals surface area contributed by atoms with Gasteiger partial charge in [-0.3, -0.25) is 0 Å². The van der Waals surface area contributed by atoms with Crippen LogP contribution in [-0.2, 0) is 11.2 Å². The Labute approximate surface area is 145 Å². The van der Waals surface area contributed by atoms with Crippen molar-refractivity contribution in [1.29, 1.82) is 0 Å². The van der Waals surface area contributed by atoms with Crippen LogP contribution in [0.2, 0.25) is 0 Å². The Bertz CT molecular complexity index is 490. The highest BCUT2D eigenvalue weighted by Gasteiger charge is 2.26. The molecule has 1 unspecified atom stereocenters. The summed E-state index contributed by atoms with van der Waals surface area (Å²) >= 11 is 0. The maximum absolute atomic E-state index is 11.6. The number of alkyl carbamates (subject to hydrolysis) is 1. The zero-order chi connectivity index (χ0) is 18.2. The molecule has 1 aromatic rings. The van der Waals surface area contributed by atoms with Gasteiger partial charge in [-0.2, -0.15) is 0 Å². The number of hydrogen-bond donors (Lipinski definition) is 3. The molecule has 0 fully saturated rings. The Hall–Kier alpha value is -1.59. The largest absolute Gasteiger partial charge is 0.444 e. The Morgan fingerprint density at radius 2 is 1.75 bits per heavy atom. The summed E-state index contributed by atoms with van der Waals surface area (Å²) in [6, 6.07) is 10.1. The van der Waals surface area contributed by atoms with Crippen molar-refractivity contribution in [3.8, 4) is 0 Å². The predicted octanol–water partition coefficient (Wildman–Crippen LogP) is 2.87. The van der Waals surface area contributed by atoms with Crippen molar-refractivity contribution in [3.05, 3.63) is 35.9 Å². The first-order valence-corrected chi connectivity index (χ1v) is 8.54. The summed E-state index contributed by atoms with van der Waals surface area (Å²) in [5.74, 6) is 0. The third kappa shape index (κ3) is 8.89. The van der Waals surface area contributed by atoms with Crippen LogP contribution in [0.15, 0.2) is 30.3 Å². The van der Waals surface area contributed by atoms with Gasteiger partial charge in [-0.25, -0.2) is 4.79 Å². The fourth-order valence-corrected chi connectivity index (χ4v) is 2.29. The molecular weight excluding hydrogens is 304 g/mol. The summed E-state index contributed by atoms with van der Waals surface area (Å²) in [6.07, 6.45) is 1.12. The van der Waals surface area contributed by atoms with Crippen molar-refractivity contribution in [3.63, 3.8) is 0 Å². The van der Waals surface area contributed by atoms with Gasteiger partial charge in [-0.05, 0) is 59.6 Å². The van der Waals surface area contributed by atoms with E-state index < -0.39 is 17.3 Å². The van der Waals surface area contributed by atoms with Crippen molar-refractivity contribution in [2.24, 2.45) is 0 Å². The molecule has 5 heteroatoms. The maximum Gasteiger partial charge on any atom is 0.407 e. The average molecular weight is 336 g/mol. The molecule has 136 valence electrons. The summed E-state index contributed by atoms with van der Waals surface area (Å²) in [4.78, 5) is 11.6. The van der Waals surface area contributed by atoms with Crippen molar-refractivity contribution < 1.29 is 14.6 Å². The number of carbonyl (C=O) groups excluding carboxylic acids is 1. The van der Waals surface area contributed by atoms with Gasteiger partial charge in [0.05, 0.1) is 5.60 Å². The number of ether oxygens (including phenoxy) is 1. The molecule has 1 aromatic carbocycles. The minimum Gasteiger partial charge on any atom is -0.444 e. The number of hydrogen-bond acceptors (Lipinski definition) is 4. The highest BCUT2D eigenvalue weighted by molar-refractivity contribution is 5.67. The van der Waals surface area contributed by atoms with E-state index in [0.717, 1.165) is 12.8 Å². The van der Waals surface area contributed by atoms with Gasteiger partial charge in [-0.15, -0.1) is 0 Å². The Morgan fingerprint density at radius 3 is 2.29 bits per heavy atom. The molecule has 1 amide bonds. The third-order valence-corrected chi connectivity index (χ3v) is 3.55. The number of nitrogens with one attached hydrogen (secondary N) is 2. The number of amides is 1. The molecule has 1 rings (SSSR count). The Balaban J connectivity index is 2.35. The lowest BCUT2D eigenvalue weighted by atomic mass is 9.92. The monoisotopic (exact) mass is 336 g/mol. The number of carbonyl (C=O) groups is 1. The second-order valence-corrected chi connectivity index (χ2v) is 7.63. The van der Waals surface area contributed by atoms with Gasteiger partial charge in [-0.1, -0.05) is 30.3 Å². The van der Waals surface area contributed by atoms with Crippen LogP contribution < -0.4 is 10.6 Å². The molecule has 0 saturated heterocycles. The van der Waals surface area contributed by atoms with E-state index in [-0.39, 0.29) is 6.04 Å². The van der Waals surface area contributed by atoms with Crippen LogP contribution in [0.3, 0.4) is 0 Å². The van der Waals surface area contributed by atoms with Crippen molar-refractivity contribution in [2.75, 3.05) is 13.1 Å². The minimum absolute atomic E-state index is 0.0542. The van der Waals surface area contributed by atoms with Crippen LogP contribution in [0.4, 0.5) is 4.79 Å². The van der Waals surface area contributed by atoms with Gasteiger partial charge in [0.1, 0.15) is 5.60 Å². The third-order valence-electron chi connectivity index (χ3n) is 3.55. The second kappa shape index (κ2) is 9.04. The molecule has 0 aliphatic heterocycles. The minimum atomic E-state index is -0.825. The van der Waals surface area contributed by atoms with Gasteiger partial charge in [0.15, 0.2) is 0 Å². The number of rotatable bonds is 8. The fourth-order valence-electron chi connectivity index (χ4n) is 2.29.